The number of hydrogen-bond acceptors (Lipinski definition) is 5. The second-order valence-corrected chi connectivity index (χ2v) is 20.1. The van der Waals surface area contributed by atoms with Crippen molar-refractivity contribution < 1.29 is 19.1 Å². The van der Waals surface area contributed by atoms with E-state index in [0.29, 0.717) is 38.0 Å². The summed E-state index contributed by atoms with van der Waals surface area (Å²) in [6.45, 7) is 17.0. The van der Waals surface area contributed by atoms with Gasteiger partial charge in [0.1, 0.15) is 6.10 Å². The molecule has 0 bridgehead atoms. The lowest BCUT2D eigenvalue weighted by atomic mass is 9.47. The van der Waals surface area contributed by atoms with Crippen LogP contribution in [0.1, 0.15) is 196 Å². The first kappa shape index (κ1) is 47.6. The van der Waals surface area contributed by atoms with Gasteiger partial charge in [0.2, 0.25) is 11.8 Å². The second kappa shape index (κ2) is 24.2. The third kappa shape index (κ3) is 14.0. The van der Waals surface area contributed by atoms with E-state index in [9.17, 15) is 14.4 Å². The molecule has 4 aliphatic rings. The van der Waals surface area contributed by atoms with Crippen LogP contribution in [0, 0.1) is 46.3 Å². The Bertz CT molecular complexity index is 1250. The summed E-state index contributed by atoms with van der Waals surface area (Å²) in [4.78, 5) is 40.6. The van der Waals surface area contributed by atoms with E-state index in [1.54, 1.807) is 10.5 Å². The molecule has 3 saturated carbocycles. The Balaban J connectivity index is 1.19. The van der Waals surface area contributed by atoms with Crippen LogP contribution >= 0.6 is 0 Å². The summed E-state index contributed by atoms with van der Waals surface area (Å²) in [7, 11) is 0. The minimum atomic E-state index is -0.328. The van der Waals surface area contributed by atoms with E-state index < -0.39 is 0 Å². The number of fused-ring (bicyclic) bond motifs is 5. The maximum Gasteiger partial charge on any atom is 0.407 e. The zero-order chi connectivity index (χ0) is 41.3. The molecule has 57 heavy (non-hydrogen) atoms. The van der Waals surface area contributed by atoms with Crippen molar-refractivity contribution >= 4 is 17.9 Å². The van der Waals surface area contributed by atoms with Crippen molar-refractivity contribution in [2.24, 2.45) is 52.1 Å². The number of rotatable bonds is 26. The lowest BCUT2D eigenvalue weighted by Crippen LogP contribution is -2.51. The van der Waals surface area contributed by atoms with Crippen molar-refractivity contribution in [3.05, 3.63) is 11.6 Å². The van der Waals surface area contributed by atoms with E-state index in [-0.39, 0.29) is 36.0 Å². The predicted molar refractivity (Wildman–Crippen MR) is 236 cm³/mol. The fourth-order valence-corrected chi connectivity index (χ4v) is 12.2. The molecule has 4 aliphatic carbocycles. The van der Waals surface area contributed by atoms with Gasteiger partial charge in [-0.25, -0.2) is 4.79 Å². The summed E-state index contributed by atoms with van der Waals surface area (Å²) in [6.07, 6.45) is 29.1. The molecule has 8 heteroatoms. The normalized spacial score (nSPS) is 28.5. The van der Waals surface area contributed by atoms with Crippen LogP contribution in [-0.4, -0.2) is 61.6 Å². The van der Waals surface area contributed by atoms with E-state index in [1.807, 2.05) is 0 Å². The number of allylic oxidation sites excluding steroid dienone is 1. The first-order valence-electron chi connectivity index (χ1n) is 24.3. The van der Waals surface area contributed by atoms with Crippen LogP contribution < -0.4 is 16.4 Å². The van der Waals surface area contributed by atoms with Gasteiger partial charge in [0, 0.05) is 32.5 Å². The summed E-state index contributed by atoms with van der Waals surface area (Å²) in [5, 5.41) is 5.94. The Morgan fingerprint density at radius 3 is 2.28 bits per heavy atom. The molecule has 0 spiro atoms. The van der Waals surface area contributed by atoms with Gasteiger partial charge in [0.15, 0.2) is 0 Å². The highest BCUT2D eigenvalue weighted by Gasteiger charge is 2.59. The van der Waals surface area contributed by atoms with Gasteiger partial charge in [-0.15, -0.1) is 0 Å². The zero-order valence-corrected chi connectivity index (χ0v) is 37.8. The van der Waals surface area contributed by atoms with Crippen molar-refractivity contribution in [1.29, 1.82) is 0 Å². The number of nitrogens with one attached hydrogen (secondary N) is 2. The van der Waals surface area contributed by atoms with E-state index in [2.05, 4.69) is 58.3 Å². The Morgan fingerprint density at radius 2 is 1.54 bits per heavy atom. The van der Waals surface area contributed by atoms with Crippen molar-refractivity contribution in [1.82, 2.24) is 15.5 Å². The smallest absolute Gasteiger partial charge is 0.407 e. The Labute approximate surface area is 349 Å². The molecule has 0 aliphatic heterocycles. The van der Waals surface area contributed by atoms with Crippen LogP contribution in [0.5, 0.6) is 0 Å². The lowest BCUT2D eigenvalue weighted by Gasteiger charge is -2.58. The van der Waals surface area contributed by atoms with Gasteiger partial charge in [0.05, 0.1) is 6.54 Å². The third-order valence-corrected chi connectivity index (χ3v) is 15.5. The molecular weight excluding hydrogens is 709 g/mol. The molecule has 0 radical (unpaired) electrons. The summed E-state index contributed by atoms with van der Waals surface area (Å²) >= 11 is 0. The molecule has 4 rings (SSSR count). The first-order valence-corrected chi connectivity index (χ1v) is 24.3. The summed E-state index contributed by atoms with van der Waals surface area (Å²) < 4.78 is 6.04. The maximum atomic E-state index is 13.2. The number of unbranched alkanes of at least 4 members (excludes halogenated alkanes) is 9. The van der Waals surface area contributed by atoms with Gasteiger partial charge in [-0.3, -0.25) is 9.59 Å². The van der Waals surface area contributed by atoms with Crippen molar-refractivity contribution in [2.45, 2.75) is 202 Å². The monoisotopic (exact) mass is 797 g/mol. The molecular formula is C49H88N4O4. The zero-order valence-electron chi connectivity index (χ0n) is 37.8. The van der Waals surface area contributed by atoms with Crippen LogP contribution in [0.15, 0.2) is 11.6 Å². The lowest BCUT2D eigenvalue weighted by molar-refractivity contribution is -0.136. The SMILES string of the molecule is CCCCCCCCCCC(=O)N(CCCCNC(=O)O[C@H]1CC[C@@]2(C)C(=CC[C@H]3[C@@H]4CC[C@H]([C@H](C)CCCC(C)C)[C@@]4(C)CC[C@@H]32)C1)CC(=O)NCCCCN. The van der Waals surface area contributed by atoms with E-state index in [1.165, 1.54) is 83.5 Å². The van der Waals surface area contributed by atoms with Crippen molar-refractivity contribution in [3.63, 3.8) is 0 Å². The van der Waals surface area contributed by atoms with Crippen LogP contribution in [-0.2, 0) is 14.3 Å². The molecule has 0 heterocycles. The van der Waals surface area contributed by atoms with E-state index in [0.717, 1.165) is 99.7 Å². The van der Waals surface area contributed by atoms with Crippen LogP contribution in [0.3, 0.4) is 0 Å². The Kier molecular flexibility index (Phi) is 20.2. The minimum Gasteiger partial charge on any atom is -0.446 e. The molecule has 0 saturated heterocycles. The molecule has 0 aromatic carbocycles. The highest BCUT2D eigenvalue weighted by molar-refractivity contribution is 5.84. The van der Waals surface area contributed by atoms with Crippen LogP contribution in [0.25, 0.3) is 0 Å². The molecule has 4 N–H and O–H groups in total. The summed E-state index contributed by atoms with van der Waals surface area (Å²) in [5.41, 5.74) is 7.88. The highest BCUT2D eigenvalue weighted by Crippen LogP contribution is 2.67. The molecule has 0 aromatic rings. The molecule has 3 fully saturated rings. The number of hydrogen-bond donors (Lipinski definition) is 3. The van der Waals surface area contributed by atoms with Gasteiger partial charge in [-0.2, -0.15) is 0 Å². The van der Waals surface area contributed by atoms with Gasteiger partial charge >= 0.3 is 6.09 Å². The largest absolute Gasteiger partial charge is 0.446 e. The third-order valence-electron chi connectivity index (χ3n) is 15.5. The van der Waals surface area contributed by atoms with Gasteiger partial charge in [-0.05, 0) is 130 Å². The standard InChI is InChI=1S/C49H88N4O4/c1-7-8-9-10-11-12-13-14-22-46(55)53(36-45(54)51-32-16-15-31-50)34-18-17-33-52-47(56)57-40-27-29-48(5)39(35-40)23-24-41-43-26-25-42(38(4)21-19-20-37(2)3)49(43,6)30-28-44(41)48/h23,37-38,40-44H,7-22,24-36,50H2,1-6H3,(H,51,54)(H,52,56)/t38-,40+,41+,42-,43+,44+,48+,49-/m1/s1. The quantitative estimate of drug-likeness (QED) is 0.0596. The van der Waals surface area contributed by atoms with E-state index in [4.69, 9.17) is 10.5 Å². The number of nitrogens with zero attached hydrogens (tertiary/aromatic N) is 1. The number of amides is 3. The molecule has 8 atom stereocenters. The van der Waals surface area contributed by atoms with Crippen LogP contribution in [0.2, 0.25) is 0 Å². The molecule has 0 unspecified atom stereocenters. The Morgan fingerprint density at radius 1 is 0.825 bits per heavy atom. The van der Waals surface area contributed by atoms with Gasteiger partial charge in [-0.1, -0.05) is 117 Å². The number of carbonyl (C=O) groups excluding carboxylic acids is 3. The second-order valence-electron chi connectivity index (χ2n) is 20.1. The number of carbonyl (C=O) groups is 3. The average Bonchev–Trinajstić information content (AvgIpc) is 3.54. The van der Waals surface area contributed by atoms with Gasteiger partial charge < -0.3 is 26.0 Å². The number of nitrogens with two attached hydrogens (primary N) is 1. The average molecular weight is 797 g/mol. The minimum absolute atomic E-state index is 0.0508. The predicted octanol–water partition coefficient (Wildman–Crippen LogP) is 11.1. The molecule has 3 amide bonds. The fraction of sp³-hybridized carbons (Fsp3) is 0.898. The highest BCUT2D eigenvalue weighted by atomic mass is 16.6. The topological polar surface area (TPSA) is 114 Å². The summed E-state index contributed by atoms with van der Waals surface area (Å²) in [6, 6.07) is 0. The van der Waals surface area contributed by atoms with Gasteiger partial charge in [0.25, 0.3) is 0 Å². The Hall–Kier alpha value is -2.09. The van der Waals surface area contributed by atoms with E-state index >= 15 is 0 Å². The summed E-state index contributed by atoms with van der Waals surface area (Å²) in [5.74, 6) is 4.88. The number of ether oxygens (including phenoxy) is 1. The molecule has 328 valence electrons. The van der Waals surface area contributed by atoms with Crippen molar-refractivity contribution in [3.8, 4) is 0 Å². The fourth-order valence-electron chi connectivity index (χ4n) is 12.2. The molecule has 8 nitrogen and oxygen atoms in total. The molecule has 0 aromatic heterocycles. The first-order chi connectivity index (χ1) is 27.4. The van der Waals surface area contributed by atoms with Crippen LogP contribution in [0.4, 0.5) is 4.79 Å². The number of alkyl carbamates (subject to hydrolysis) is 1. The van der Waals surface area contributed by atoms with Crippen molar-refractivity contribution in [2.75, 3.05) is 32.7 Å². The maximum absolute atomic E-state index is 13.2.